The first-order chi connectivity index (χ1) is 10.6. The molecular weight excluding hydrogens is 274 g/mol. The first kappa shape index (κ1) is 16.2. The number of amides is 1. The number of hydrogen-bond donors (Lipinski definition) is 1. The number of benzene rings is 1. The molecule has 0 spiro atoms. The Balaban J connectivity index is 2.06. The van der Waals surface area contributed by atoms with Crippen LogP contribution in [-0.2, 0) is 6.54 Å². The summed E-state index contributed by atoms with van der Waals surface area (Å²) in [4.78, 5) is 18.7. The minimum absolute atomic E-state index is 0.132. The topological polar surface area (TPSA) is 45.2 Å². The van der Waals surface area contributed by atoms with Crippen LogP contribution in [-0.4, -0.2) is 28.9 Å². The number of nitrogens with zero attached hydrogens (tertiary/aromatic N) is 2. The number of carbonyl (C=O) groups is 1. The second kappa shape index (κ2) is 7.71. The molecule has 0 atom stereocenters. The highest BCUT2D eigenvalue weighted by atomic mass is 16.1. The highest BCUT2D eigenvalue weighted by molar-refractivity contribution is 6.04. The lowest BCUT2D eigenvalue weighted by atomic mass is 10.1. The van der Waals surface area contributed by atoms with Gasteiger partial charge in [0.1, 0.15) is 0 Å². The van der Waals surface area contributed by atoms with E-state index < -0.39 is 0 Å². The third-order valence-electron chi connectivity index (χ3n) is 3.66. The molecule has 1 N–H and O–H groups in total. The molecule has 1 aromatic heterocycles. The van der Waals surface area contributed by atoms with Gasteiger partial charge in [0.25, 0.3) is 5.91 Å². The van der Waals surface area contributed by atoms with E-state index in [9.17, 15) is 4.79 Å². The molecule has 0 aliphatic carbocycles. The van der Waals surface area contributed by atoms with Gasteiger partial charge in [-0.25, -0.2) is 0 Å². The van der Waals surface area contributed by atoms with Crippen molar-refractivity contribution in [3.63, 3.8) is 0 Å². The fourth-order valence-electron chi connectivity index (χ4n) is 2.26. The van der Waals surface area contributed by atoms with Crippen LogP contribution in [0.15, 0.2) is 42.6 Å². The van der Waals surface area contributed by atoms with E-state index >= 15 is 0 Å². The molecular formula is C18H23N3O. The van der Waals surface area contributed by atoms with Gasteiger partial charge in [-0.3, -0.25) is 14.7 Å². The SMILES string of the molecule is CCN(CC)Cc1cccc(NC(=O)c2ccc(C)nc2)c1. The first-order valence-electron chi connectivity index (χ1n) is 7.67. The Morgan fingerprint density at radius 2 is 1.95 bits per heavy atom. The molecule has 1 amide bonds. The summed E-state index contributed by atoms with van der Waals surface area (Å²) in [6.45, 7) is 9.13. The Kier molecular flexibility index (Phi) is 5.67. The van der Waals surface area contributed by atoms with Crippen LogP contribution < -0.4 is 5.32 Å². The zero-order valence-electron chi connectivity index (χ0n) is 13.5. The van der Waals surface area contributed by atoms with Crippen molar-refractivity contribution in [3.8, 4) is 0 Å². The lowest BCUT2D eigenvalue weighted by molar-refractivity contribution is 0.102. The lowest BCUT2D eigenvalue weighted by Crippen LogP contribution is -2.22. The molecule has 0 bridgehead atoms. The van der Waals surface area contributed by atoms with Crippen LogP contribution >= 0.6 is 0 Å². The number of anilines is 1. The summed E-state index contributed by atoms with van der Waals surface area (Å²) >= 11 is 0. The van der Waals surface area contributed by atoms with E-state index in [0.717, 1.165) is 31.0 Å². The Bertz CT molecular complexity index is 618. The standard InChI is InChI=1S/C18H23N3O/c1-4-21(5-2)13-15-7-6-8-17(11-15)20-18(22)16-10-9-14(3)19-12-16/h6-12H,4-5,13H2,1-3H3,(H,20,22). The Labute approximate surface area is 132 Å². The molecule has 1 aromatic carbocycles. The van der Waals surface area contributed by atoms with Gasteiger partial charge in [0, 0.05) is 24.1 Å². The summed E-state index contributed by atoms with van der Waals surface area (Å²) in [5.41, 5.74) is 3.48. The van der Waals surface area contributed by atoms with E-state index in [1.807, 2.05) is 31.2 Å². The maximum absolute atomic E-state index is 12.2. The molecule has 116 valence electrons. The van der Waals surface area contributed by atoms with E-state index in [4.69, 9.17) is 0 Å². The quantitative estimate of drug-likeness (QED) is 0.888. The lowest BCUT2D eigenvalue weighted by Gasteiger charge is -2.18. The Morgan fingerprint density at radius 3 is 2.59 bits per heavy atom. The third-order valence-corrected chi connectivity index (χ3v) is 3.66. The minimum atomic E-state index is -0.132. The predicted octanol–water partition coefficient (Wildman–Crippen LogP) is 3.48. The Hall–Kier alpha value is -2.20. The Morgan fingerprint density at radius 1 is 1.18 bits per heavy atom. The largest absolute Gasteiger partial charge is 0.322 e. The van der Waals surface area contributed by atoms with Crippen LogP contribution in [0.25, 0.3) is 0 Å². The summed E-state index contributed by atoms with van der Waals surface area (Å²) < 4.78 is 0. The molecule has 0 saturated heterocycles. The van der Waals surface area contributed by atoms with Gasteiger partial charge in [-0.05, 0) is 49.8 Å². The van der Waals surface area contributed by atoms with E-state index in [0.29, 0.717) is 5.56 Å². The molecule has 2 rings (SSSR count). The fourth-order valence-corrected chi connectivity index (χ4v) is 2.26. The molecule has 4 heteroatoms. The fraction of sp³-hybridized carbons (Fsp3) is 0.333. The summed E-state index contributed by atoms with van der Waals surface area (Å²) in [5, 5.41) is 2.93. The van der Waals surface area contributed by atoms with Crippen LogP contribution in [0.3, 0.4) is 0 Å². The van der Waals surface area contributed by atoms with Crippen molar-refractivity contribution in [3.05, 3.63) is 59.4 Å². The normalized spacial score (nSPS) is 10.7. The monoisotopic (exact) mass is 297 g/mol. The molecule has 0 aliphatic heterocycles. The van der Waals surface area contributed by atoms with Crippen molar-refractivity contribution in [1.29, 1.82) is 0 Å². The summed E-state index contributed by atoms with van der Waals surface area (Å²) in [5.74, 6) is -0.132. The number of aryl methyl sites for hydroxylation is 1. The smallest absolute Gasteiger partial charge is 0.257 e. The predicted molar refractivity (Wildman–Crippen MR) is 90.0 cm³/mol. The van der Waals surface area contributed by atoms with Gasteiger partial charge < -0.3 is 5.32 Å². The maximum Gasteiger partial charge on any atom is 0.257 e. The van der Waals surface area contributed by atoms with Crippen molar-refractivity contribution in [2.75, 3.05) is 18.4 Å². The van der Waals surface area contributed by atoms with Gasteiger partial charge in [0.2, 0.25) is 0 Å². The number of rotatable bonds is 6. The number of hydrogen-bond acceptors (Lipinski definition) is 3. The number of aromatic nitrogens is 1. The summed E-state index contributed by atoms with van der Waals surface area (Å²) in [6.07, 6.45) is 1.60. The van der Waals surface area contributed by atoms with Crippen LogP contribution in [0, 0.1) is 6.92 Å². The molecule has 22 heavy (non-hydrogen) atoms. The van der Waals surface area contributed by atoms with Crippen molar-refractivity contribution in [2.24, 2.45) is 0 Å². The number of pyridine rings is 1. The molecule has 2 aromatic rings. The summed E-state index contributed by atoms with van der Waals surface area (Å²) in [6, 6.07) is 11.6. The van der Waals surface area contributed by atoms with Crippen molar-refractivity contribution in [1.82, 2.24) is 9.88 Å². The van der Waals surface area contributed by atoms with Crippen molar-refractivity contribution in [2.45, 2.75) is 27.3 Å². The van der Waals surface area contributed by atoms with Gasteiger partial charge in [-0.1, -0.05) is 26.0 Å². The molecule has 0 fully saturated rings. The molecule has 0 radical (unpaired) electrons. The van der Waals surface area contributed by atoms with Crippen LogP contribution in [0.5, 0.6) is 0 Å². The average Bonchev–Trinajstić information content (AvgIpc) is 2.53. The highest BCUT2D eigenvalue weighted by Gasteiger charge is 2.07. The van der Waals surface area contributed by atoms with Crippen molar-refractivity contribution >= 4 is 11.6 Å². The number of nitrogens with one attached hydrogen (secondary N) is 1. The molecule has 0 aliphatic rings. The third kappa shape index (κ3) is 4.40. The minimum Gasteiger partial charge on any atom is -0.322 e. The molecule has 1 heterocycles. The maximum atomic E-state index is 12.2. The average molecular weight is 297 g/mol. The zero-order valence-corrected chi connectivity index (χ0v) is 13.5. The second-order valence-electron chi connectivity index (χ2n) is 5.30. The van der Waals surface area contributed by atoms with Gasteiger partial charge in [-0.2, -0.15) is 0 Å². The van der Waals surface area contributed by atoms with Crippen LogP contribution in [0.4, 0.5) is 5.69 Å². The summed E-state index contributed by atoms with van der Waals surface area (Å²) in [7, 11) is 0. The van der Waals surface area contributed by atoms with Gasteiger partial charge in [-0.15, -0.1) is 0 Å². The molecule has 4 nitrogen and oxygen atoms in total. The van der Waals surface area contributed by atoms with E-state index in [1.54, 1.807) is 12.3 Å². The van der Waals surface area contributed by atoms with Gasteiger partial charge in [0.15, 0.2) is 0 Å². The first-order valence-corrected chi connectivity index (χ1v) is 7.67. The second-order valence-corrected chi connectivity index (χ2v) is 5.30. The van der Waals surface area contributed by atoms with Gasteiger partial charge >= 0.3 is 0 Å². The highest BCUT2D eigenvalue weighted by Crippen LogP contribution is 2.14. The van der Waals surface area contributed by atoms with Gasteiger partial charge in [0.05, 0.1) is 5.56 Å². The van der Waals surface area contributed by atoms with Crippen LogP contribution in [0.2, 0.25) is 0 Å². The van der Waals surface area contributed by atoms with Crippen molar-refractivity contribution < 1.29 is 4.79 Å². The van der Waals surface area contributed by atoms with Crippen LogP contribution in [0.1, 0.15) is 35.5 Å². The zero-order chi connectivity index (χ0) is 15.9. The number of carbonyl (C=O) groups excluding carboxylic acids is 1. The van der Waals surface area contributed by atoms with E-state index in [-0.39, 0.29) is 5.91 Å². The molecule has 0 unspecified atom stereocenters. The van der Waals surface area contributed by atoms with E-state index in [2.05, 4.69) is 35.1 Å². The van der Waals surface area contributed by atoms with E-state index in [1.165, 1.54) is 5.56 Å². The molecule has 0 saturated carbocycles.